The quantitative estimate of drug-likeness (QED) is 0.268. The summed E-state index contributed by atoms with van der Waals surface area (Å²) in [5.74, 6) is -0.227. The Balaban J connectivity index is 3.95. The smallest absolute Gasteiger partial charge is 0.333 e. The Kier molecular flexibility index (Phi) is 11.7. The van der Waals surface area contributed by atoms with Crippen LogP contribution in [0.25, 0.3) is 0 Å². The molecule has 0 saturated carbocycles. The number of ether oxygens (including phenoxy) is 1. The molecule has 19 heavy (non-hydrogen) atoms. The largest absolute Gasteiger partial charge is 0.459 e. The third-order valence-corrected chi connectivity index (χ3v) is 3.38. The molecule has 2 nitrogen and oxygen atoms in total. The van der Waals surface area contributed by atoms with Crippen molar-refractivity contribution in [3.63, 3.8) is 0 Å². The predicted octanol–water partition coefficient (Wildman–Crippen LogP) is 5.42. The first-order chi connectivity index (χ1) is 9.11. The van der Waals surface area contributed by atoms with Gasteiger partial charge in [0.15, 0.2) is 0 Å². The van der Waals surface area contributed by atoms with E-state index in [1.807, 2.05) is 0 Å². The molecule has 2 heteroatoms. The molecule has 1 unspecified atom stereocenters. The lowest BCUT2D eigenvalue weighted by Crippen LogP contribution is -2.18. The Morgan fingerprint density at radius 1 is 0.947 bits per heavy atom. The summed E-state index contributed by atoms with van der Waals surface area (Å²) in [7, 11) is 0. The van der Waals surface area contributed by atoms with Crippen molar-refractivity contribution in [3.05, 3.63) is 12.2 Å². The van der Waals surface area contributed by atoms with Gasteiger partial charge in [-0.05, 0) is 32.6 Å². The van der Waals surface area contributed by atoms with Gasteiger partial charge in [0.1, 0.15) is 6.10 Å². The van der Waals surface area contributed by atoms with E-state index in [0.29, 0.717) is 5.57 Å². The summed E-state index contributed by atoms with van der Waals surface area (Å²) in [6.45, 7) is 9.78. The molecule has 112 valence electrons. The van der Waals surface area contributed by atoms with Crippen LogP contribution in [0, 0.1) is 0 Å². The highest BCUT2D eigenvalue weighted by atomic mass is 16.5. The molecule has 0 rings (SSSR count). The molecule has 0 heterocycles. The van der Waals surface area contributed by atoms with Gasteiger partial charge in [0.25, 0.3) is 0 Å². The van der Waals surface area contributed by atoms with Crippen LogP contribution < -0.4 is 0 Å². The van der Waals surface area contributed by atoms with Gasteiger partial charge in [-0.3, -0.25) is 0 Å². The highest BCUT2D eigenvalue weighted by Crippen LogP contribution is 2.16. The highest BCUT2D eigenvalue weighted by molar-refractivity contribution is 5.87. The zero-order valence-corrected chi connectivity index (χ0v) is 13.2. The van der Waals surface area contributed by atoms with Crippen LogP contribution in [0.2, 0.25) is 0 Å². The van der Waals surface area contributed by atoms with E-state index in [-0.39, 0.29) is 12.1 Å². The molecule has 0 aromatic heterocycles. The second-order valence-electron chi connectivity index (χ2n) is 5.51. The minimum Gasteiger partial charge on any atom is -0.459 e. The minimum atomic E-state index is -0.227. The molecule has 0 aromatic rings. The number of carbonyl (C=O) groups is 1. The van der Waals surface area contributed by atoms with Crippen molar-refractivity contribution >= 4 is 5.97 Å². The van der Waals surface area contributed by atoms with Crippen LogP contribution in [-0.2, 0) is 9.53 Å². The number of rotatable bonds is 12. The zero-order valence-electron chi connectivity index (χ0n) is 13.2. The fraction of sp³-hybridized carbons (Fsp3) is 0.824. The zero-order chi connectivity index (χ0) is 14.5. The van der Waals surface area contributed by atoms with Gasteiger partial charge in [0.2, 0.25) is 0 Å². The fourth-order valence-corrected chi connectivity index (χ4v) is 2.11. The van der Waals surface area contributed by atoms with E-state index in [2.05, 4.69) is 20.4 Å². The lowest BCUT2D eigenvalue weighted by atomic mass is 10.0. The number of hydrogen-bond donors (Lipinski definition) is 0. The van der Waals surface area contributed by atoms with Crippen LogP contribution in [-0.4, -0.2) is 12.1 Å². The maximum absolute atomic E-state index is 11.6. The topological polar surface area (TPSA) is 26.3 Å². The minimum absolute atomic E-state index is 0.0948. The molecule has 0 bridgehead atoms. The van der Waals surface area contributed by atoms with Gasteiger partial charge in [-0.15, -0.1) is 0 Å². The molecule has 0 radical (unpaired) electrons. The lowest BCUT2D eigenvalue weighted by molar-refractivity contribution is -0.145. The first kappa shape index (κ1) is 18.2. The highest BCUT2D eigenvalue weighted by Gasteiger charge is 2.14. The molecule has 0 N–H and O–H groups in total. The summed E-state index contributed by atoms with van der Waals surface area (Å²) in [4.78, 5) is 11.6. The van der Waals surface area contributed by atoms with E-state index < -0.39 is 0 Å². The molecule has 0 amide bonds. The monoisotopic (exact) mass is 268 g/mol. The first-order valence-electron chi connectivity index (χ1n) is 7.98. The molecule has 0 aliphatic carbocycles. The van der Waals surface area contributed by atoms with Gasteiger partial charge in [0, 0.05) is 5.57 Å². The lowest BCUT2D eigenvalue weighted by Gasteiger charge is -2.18. The van der Waals surface area contributed by atoms with Gasteiger partial charge < -0.3 is 4.74 Å². The summed E-state index contributed by atoms with van der Waals surface area (Å²) >= 11 is 0. The number of carbonyl (C=O) groups excluding carboxylic acids is 1. The van der Waals surface area contributed by atoms with Crippen molar-refractivity contribution in [1.82, 2.24) is 0 Å². The predicted molar refractivity (Wildman–Crippen MR) is 82.2 cm³/mol. The molecule has 0 fully saturated rings. The van der Waals surface area contributed by atoms with Crippen LogP contribution in [0.4, 0.5) is 0 Å². The van der Waals surface area contributed by atoms with E-state index >= 15 is 0 Å². The normalized spacial score (nSPS) is 12.2. The van der Waals surface area contributed by atoms with Gasteiger partial charge in [-0.25, -0.2) is 4.79 Å². The number of hydrogen-bond acceptors (Lipinski definition) is 2. The van der Waals surface area contributed by atoms with Gasteiger partial charge >= 0.3 is 5.97 Å². The molecule has 1 atom stereocenters. The maximum Gasteiger partial charge on any atom is 0.333 e. The fourth-order valence-electron chi connectivity index (χ4n) is 2.11. The Hall–Kier alpha value is -0.790. The Labute approximate surface area is 119 Å². The van der Waals surface area contributed by atoms with Crippen LogP contribution in [0.1, 0.15) is 85.0 Å². The molecular weight excluding hydrogens is 236 g/mol. The van der Waals surface area contributed by atoms with Crippen LogP contribution in [0.3, 0.4) is 0 Å². The van der Waals surface area contributed by atoms with Crippen LogP contribution >= 0.6 is 0 Å². The molecule has 0 aliphatic heterocycles. The number of esters is 1. The van der Waals surface area contributed by atoms with Crippen molar-refractivity contribution in [2.45, 2.75) is 91.1 Å². The van der Waals surface area contributed by atoms with Crippen molar-refractivity contribution in [2.75, 3.05) is 0 Å². The van der Waals surface area contributed by atoms with Crippen molar-refractivity contribution in [2.24, 2.45) is 0 Å². The number of unbranched alkanes of at least 4 members (excludes halogenated alkanes) is 6. The Morgan fingerprint density at radius 2 is 1.42 bits per heavy atom. The summed E-state index contributed by atoms with van der Waals surface area (Å²) in [5, 5.41) is 0. The van der Waals surface area contributed by atoms with Crippen molar-refractivity contribution in [1.29, 1.82) is 0 Å². The van der Waals surface area contributed by atoms with Crippen LogP contribution in [0.15, 0.2) is 12.2 Å². The average Bonchev–Trinajstić information content (AvgIpc) is 2.38. The van der Waals surface area contributed by atoms with E-state index in [9.17, 15) is 4.79 Å². The third kappa shape index (κ3) is 10.8. The van der Waals surface area contributed by atoms with E-state index in [0.717, 1.165) is 19.3 Å². The average molecular weight is 268 g/mol. The van der Waals surface area contributed by atoms with Crippen molar-refractivity contribution < 1.29 is 9.53 Å². The standard InChI is InChI=1S/C17H32O2/c1-5-7-9-10-12-14-16(13-11-8-6-2)19-17(18)15(3)4/h16H,3,5-14H2,1-2,4H3. The second kappa shape index (κ2) is 12.3. The van der Waals surface area contributed by atoms with Crippen molar-refractivity contribution in [3.8, 4) is 0 Å². The summed E-state index contributed by atoms with van der Waals surface area (Å²) in [6, 6.07) is 0. The molecular formula is C17H32O2. The molecule has 0 spiro atoms. The Morgan fingerprint density at radius 3 is 1.95 bits per heavy atom. The molecule has 0 aromatic carbocycles. The van der Waals surface area contributed by atoms with E-state index in [4.69, 9.17) is 4.74 Å². The molecule has 0 saturated heterocycles. The van der Waals surface area contributed by atoms with Gasteiger partial charge in [-0.2, -0.15) is 0 Å². The summed E-state index contributed by atoms with van der Waals surface area (Å²) in [5.41, 5.74) is 0.506. The third-order valence-electron chi connectivity index (χ3n) is 3.38. The SMILES string of the molecule is C=C(C)C(=O)OC(CCCCC)CCCCCCC. The van der Waals surface area contributed by atoms with Gasteiger partial charge in [0.05, 0.1) is 0 Å². The van der Waals surface area contributed by atoms with E-state index in [1.165, 1.54) is 44.9 Å². The van der Waals surface area contributed by atoms with E-state index in [1.54, 1.807) is 6.92 Å². The first-order valence-corrected chi connectivity index (χ1v) is 7.98. The molecule has 0 aliphatic rings. The van der Waals surface area contributed by atoms with Crippen LogP contribution in [0.5, 0.6) is 0 Å². The Bertz CT molecular complexity index is 246. The second-order valence-corrected chi connectivity index (χ2v) is 5.51. The summed E-state index contributed by atoms with van der Waals surface area (Å²) in [6.07, 6.45) is 12.0. The maximum atomic E-state index is 11.6. The summed E-state index contributed by atoms with van der Waals surface area (Å²) < 4.78 is 5.53. The van der Waals surface area contributed by atoms with Gasteiger partial charge in [-0.1, -0.05) is 59.0 Å².